The van der Waals surface area contributed by atoms with Crippen LogP contribution in [0.5, 0.6) is 5.75 Å². The molecule has 1 aliphatic rings. The van der Waals surface area contributed by atoms with Crippen molar-refractivity contribution in [3.05, 3.63) is 24.3 Å². The molecule has 0 bridgehead atoms. The van der Waals surface area contributed by atoms with Gasteiger partial charge in [-0.2, -0.15) is 0 Å². The smallest absolute Gasteiger partial charge is 0.234 e. The van der Waals surface area contributed by atoms with Crippen LogP contribution in [-0.4, -0.2) is 24.8 Å². The van der Waals surface area contributed by atoms with Gasteiger partial charge in [-0.15, -0.1) is 0 Å². The van der Waals surface area contributed by atoms with E-state index in [2.05, 4.69) is 0 Å². The lowest BCUT2D eigenvalue weighted by Gasteiger charge is -2.21. The second-order valence-corrected chi connectivity index (χ2v) is 4.09. The fraction of sp³-hybridized carbons (Fsp3) is 0.385. The van der Waals surface area contributed by atoms with Gasteiger partial charge in [-0.3, -0.25) is 9.59 Å². The molecule has 4 nitrogen and oxygen atoms in total. The van der Waals surface area contributed by atoms with Crippen molar-refractivity contribution >= 4 is 17.4 Å². The first-order valence-corrected chi connectivity index (χ1v) is 5.70. The van der Waals surface area contributed by atoms with Gasteiger partial charge in [0.2, 0.25) is 5.91 Å². The first-order valence-electron chi connectivity index (χ1n) is 5.70. The molecule has 0 spiro atoms. The second kappa shape index (κ2) is 4.99. The number of para-hydroxylation sites is 2. The third kappa shape index (κ3) is 2.64. The Labute approximate surface area is 100 Å². The number of ether oxygens (including phenoxy) is 1. The molecule has 2 rings (SSSR count). The quantitative estimate of drug-likeness (QED) is 0.731. The zero-order valence-corrected chi connectivity index (χ0v) is 9.81. The lowest BCUT2D eigenvalue weighted by atomic mass is 10.2. The van der Waals surface area contributed by atoms with Crippen molar-refractivity contribution in [3.63, 3.8) is 0 Å². The summed E-state index contributed by atoms with van der Waals surface area (Å²) in [4.78, 5) is 24.6. The fourth-order valence-corrected chi connectivity index (χ4v) is 1.89. The first-order chi connectivity index (χ1) is 8.18. The van der Waals surface area contributed by atoms with Crippen molar-refractivity contribution in [2.75, 3.05) is 18.1 Å². The third-order valence-electron chi connectivity index (χ3n) is 2.64. The predicted octanol–water partition coefficient (Wildman–Crippen LogP) is 1.78. The average Bonchev–Trinajstić information content (AvgIpc) is 2.50. The number of fused-ring (bicyclic) bond motifs is 1. The molecule has 0 unspecified atom stereocenters. The number of hydrogen-bond donors (Lipinski definition) is 0. The highest BCUT2D eigenvalue weighted by Gasteiger charge is 2.22. The molecule has 0 atom stereocenters. The van der Waals surface area contributed by atoms with Gasteiger partial charge < -0.3 is 9.64 Å². The van der Waals surface area contributed by atoms with E-state index in [1.54, 1.807) is 4.90 Å². The number of anilines is 1. The maximum atomic E-state index is 12.0. The zero-order valence-electron chi connectivity index (χ0n) is 9.81. The van der Waals surface area contributed by atoms with E-state index in [-0.39, 0.29) is 18.1 Å². The molecule has 0 fully saturated rings. The van der Waals surface area contributed by atoms with E-state index < -0.39 is 0 Å². The fourth-order valence-electron chi connectivity index (χ4n) is 1.89. The SMILES string of the molecule is CC(=O)CC(=O)N1CCCOc2ccccc21. The Morgan fingerprint density at radius 2 is 2.12 bits per heavy atom. The number of hydrogen-bond acceptors (Lipinski definition) is 3. The predicted molar refractivity (Wildman–Crippen MR) is 64.2 cm³/mol. The van der Waals surface area contributed by atoms with Gasteiger partial charge in [0.05, 0.1) is 18.7 Å². The molecule has 4 heteroatoms. The van der Waals surface area contributed by atoms with Crippen LogP contribution >= 0.6 is 0 Å². The van der Waals surface area contributed by atoms with E-state index in [9.17, 15) is 9.59 Å². The summed E-state index contributed by atoms with van der Waals surface area (Å²) in [5.74, 6) is 0.440. The maximum absolute atomic E-state index is 12.0. The first kappa shape index (κ1) is 11.6. The van der Waals surface area contributed by atoms with Gasteiger partial charge in [0.1, 0.15) is 11.5 Å². The van der Waals surface area contributed by atoms with Gasteiger partial charge in [-0.25, -0.2) is 0 Å². The third-order valence-corrected chi connectivity index (χ3v) is 2.64. The molecule has 0 radical (unpaired) electrons. The van der Waals surface area contributed by atoms with Gasteiger partial charge >= 0.3 is 0 Å². The van der Waals surface area contributed by atoms with Crippen LogP contribution in [0.1, 0.15) is 19.8 Å². The summed E-state index contributed by atoms with van der Waals surface area (Å²) in [6.45, 7) is 2.63. The number of nitrogens with zero attached hydrogens (tertiary/aromatic N) is 1. The van der Waals surface area contributed by atoms with E-state index in [0.29, 0.717) is 18.9 Å². The number of amides is 1. The summed E-state index contributed by atoms with van der Waals surface area (Å²) in [5.41, 5.74) is 0.760. The molecule has 0 N–H and O–H groups in total. The lowest BCUT2D eigenvalue weighted by molar-refractivity contribution is -0.125. The number of carbonyl (C=O) groups excluding carboxylic acids is 2. The highest BCUT2D eigenvalue weighted by Crippen LogP contribution is 2.30. The molecular weight excluding hydrogens is 218 g/mol. The summed E-state index contributed by atoms with van der Waals surface area (Å²) in [5, 5.41) is 0. The Morgan fingerprint density at radius 1 is 1.35 bits per heavy atom. The normalized spacial score (nSPS) is 14.5. The van der Waals surface area contributed by atoms with Gasteiger partial charge in [-0.1, -0.05) is 12.1 Å². The number of benzene rings is 1. The standard InChI is InChI=1S/C13H15NO3/c1-10(15)9-13(16)14-7-4-8-17-12-6-3-2-5-11(12)14/h2-3,5-6H,4,7-9H2,1H3. The molecule has 1 aliphatic heterocycles. The van der Waals surface area contributed by atoms with E-state index in [1.165, 1.54) is 6.92 Å². The summed E-state index contributed by atoms with van der Waals surface area (Å²) in [6.07, 6.45) is 0.729. The monoisotopic (exact) mass is 233 g/mol. The van der Waals surface area contributed by atoms with Crippen molar-refractivity contribution in [1.82, 2.24) is 0 Å². The van der Waals surface area contributed by atoms with E-state index in [1.807, 2.05) is 24.3 Å². The van der Waals surface area contributed by atoms with Crippen LogP contribution in [0.25, 0.3) is 0 Å². The zero-order chi connectivity index (χ0) is 12.3. The van der Waals surface area contributed by atoms with E-state index in [0.717, 1.165) is 12.1 Å². The van der Waals surface area contributed by atoms with Crippen molar-refractivity contribution in [2.24, 2.45) is 0 Å². The number of Topliss-reactive ketones (excluding diaryl/α,β-unsaturated/α-hetero) is 1. The topological polar surface area (TPSA) is 46.6 Å². The number of ketones is 1. The van der Waals surface area contributed by atoms with Gasteiger partial charge in [0, 0.05) is 6.54 Å². The van der Waals surface area contributed by atoms with Crippen LogP contribution in [0, 0.1) is 0 Å². The van der Waals surface area contributed by atoms with Gasteiger partial charge in [0.15, 0.2) is 0 Å². The van der Waals surface area contributed by atoms with Gasteiger partial charge in [-0.05, 0) is 25.5 Å². The van der Waals surface area contributed by atoms with Crippen LogP contribution in [0.15, 0.2) is 24.3 Å². The Bertz CT molecular complexity index is 442. The Hall–Kier alpha value is -1.84. The molecule has 1 heterocycles. The van der Waals surface area contributed by atoms with Crippen molar-refractivity contribution in [3.8, 4) is 5.75 Å². The largest absolute Gasteiger partial charge is 0.491 e. The van der Waals surface area contributed by atoms with E-state index >= 15 is 0 Å². The molecule has 0 aliphatic carbocycles. The Kier molecular flexibility index (Phi) is 3.42. The van der Waals surface area contributed by atoms with Crippen LogP contribution in [0.2, 0.25) is 0 Å². The van der Waals surface area contributed by atoms with E-state index in [4.69, 9.17) is 4.74 Å². The maximum Gasteiger partial charge on any atom is 0.234 e. The van der Waals surface area contributed by atoms with Crippen LogP contribution in [0.3, 0.4) is 0 Å². The highest BCUT2D eigenvalue weighted by atomic mass is 16.5. The Morgan fingerprint density at radius 3 is 2.88 bits per heavy atom. The molecule has 0 saturated heterocycles. The minimum Gasteiger partial charge on any atom is -0.491 e. The minimum absolute atomic E-state index is 0.0473. The summed E-state index contributed by atoms with van der Waals surface area (Å²) in [7, 11) is 0. The molecular formula is C13H15NO3. The minimum atomic E-state index is -0.157. The molecule has 0 saturated carbocycles. The lowest BCUT2D eigenvalue weighted by Crippen LogP contribution is -2.32. The van der Waals surface area contributed by atoms with Crippen LogP contribution < -0.4 is 9.64 Å². The van der Waals surface area contributed by atoms with Crippen molar-refractivity contribution in [2.45, 2.75) is 19.8 Å². The molecule has 17 heavy (non-hydrogen) atoms. The van der Waals surface area contributed by atoms with Crippen molar-refractivity contribution in [1.29, 1.82) is 0 Å². The molecule has 1 aromatic rings. The molecule has 1 aromatic carbocycles. The summed E-state index contributed by atoms with van der Waals surface area (Å²) < 4.78 is 5.56. The molecule has 1 amide bonds. The average molecular weight is 233 g/mol. The van der Waals surface area contributed by atoms with Gasteiger partial charge in [0.25, 0.3) is 0 Å². The summed E-state index contributed by atoms with van der Waals surface area (Å²) in [6, 6.07) is 7.42. The van der Waals surface area contributed by atoms with Crippen molar-refractivity contribution < 1.29 is 14.3 Å². The highest BCUT2D eigenvalue weighted by molar-refractivity contribution is 6.05. The van der Waals surface area contributed by atoms with Crippen LogP contribution in [0.4, 0.5) is 5.69 Å². The summed E-state index contributed by atoms with van der Waals surface area (Å²) >= 11 is 0. The van der Waals surface area contributed by atoms with Crippen LogP contribution in [-0.2, 0) is 9.59 Å². The molecule has 0 aromatic heterocycles. The number of carbonyl (C=O) groups is 2. The number of rotatable bonds is 2. The molecule has 90 valence electrons. The second-order valence-electron chi connectivity index (χ2n) is 4.09. The Balaban J connectivity index is 2.28.